The topological polar surface area (TPSA) is 65.6 Å². The highest BCUT2D eigenvalue weighted by atomic mass is 16.5. The summed E-state index contributed by atoms with van der Waals surface area (Å²) in [6.07, 6.45) is 3.58. The Balaban J connectivity index is 1.83. The van der Waals surface area contributed by atoms with Crippen LogP contribution in [0.3, 0.4) is 0 Å². The highest BCUT2D eigenvalue weighted by molar-refractivity contribution is 5.91. The first-order valence-corrected chi connectivity index (χ1v) is 10.5. The Morgan fingerprint density at radius 2 is 2.21 bits per heavy atom. The van der Waals surface area contributed by atoms with Gasteiger partial charge in [-0.3, -0.25) is 9.69 Å². The molecule has 2 aliphatic rings. The summed E-state index contributed by atoms with van der Waals surface area (Å²) < 4.78 is 5.42. The SMILES string of the molecule is COC(=O)C12C[C@H](CC(C)CCO)CN(CCc3c1[nH]c1ccccc31)C2C. The van der Waals surface area contributed by atoms with E-state index in [0.29, 0.717) is 11.8 Å². The van der Waals surface area contributed by atoms with Crippen molar-refractivity contribution in [2.75, 3.05) is 26.8 Å². The Morgan fingerprint density at radius 3 is 2.96 bits per heavy atom. The van der Waals surface area contributed by atoms with Crippen LogP contribution < -0.4 is 0 Å². The molecule has 0 radical (unpaired) electrons. The van der Waals surface area contributed by atoms with Crippen LogP contribution >= 0.6 is 0 Å². The van der Waals surface area contributed by atoms with Gasteiger partial charge in [-0.15, -0.1) is 0 Å². The normalized spacial score (nSPS) is 30.5. The van der Waals surface area contributed by atoms with E-state index in [1.807, 2.05) is 6.07 Å². The van der Waals surface area contributed by atoms with Crippen LogP contribution in [0.5, 0.6) is 0 Å². The molecule has 4 unspecified atom stereocenters. The van der Waals surface area contributed by atoms with Gasteiger partial charge in [0, 0.05) is 42.3 Å². The van der Waals surface area contributed by atoms with E-state index in [4.69, 9.17) is 4.74 Å². The van der Waals surface area contributed by atoms with Crippen molar-refractivity contribution >= 4 is 16.9 Å². The van der Waals surface area contributed by atoms with E-state index in [0.717, 1.165) is 50.0 Å². The van der Waals surface area contributed by atoms with Crippen molar-refractivity contribution < 1.29 is 14.6 Å². The van der Waals surface area contributed by atoms with E-state index in [9.17, 15) is 9.90 Å². The molecule has 5 atom stereocenters. The fraction of sp³-hybridized carbons (Fsp3) is 0.609. The van der Waals surface area contributed by atoms with Gasteiger partial charge in [0.25, 0.3) is 0 Å². The molecule has 0 amide bonds. The van der Waals surface area contributed by atoms with Crippen LogP contribution in [0, 0.1) is 11.8 Å². The maximum atomic E-state index is 13.4. The largest absolute Gasteiger partial charge is 0.468 e. The van der Waals surface area contributed by atoms with Gasteiger partial charge in [-0.1, -0.05) is 25.1 Å². The number of fused-ring (bicyclic) bond motifs is 6. The van der Waals surface area contributed by atoms with Gasteiger partial charge in [0.2, 0.25) is 0 Å². The summed E-state index contributed by atoms with van der Waals surface area (Å²) in [6.45, 7) is 6.58. The maximum absolute atomic E-state index is 13.4. The lowest BCUT2D eigenvalue weighted by Crippen LogP contribution is -2.59. The number of hydrogen-bond acceptors (Lipinski definition) is 4. The summed E-state index contributed by atoms with van der Waals surface area (Å²) in [5.41, 5.74) is 2.78. The number of methoxy groups -OCH3 is 1. The molecule has 0 spiro atoms. The van der Waals surface area contributed by atoms with Crippen molar-refractivity contribution in [1.29, 1.82) is 0 Å². The first-order valence-electron chi connectivity index (χ1n) is 10.5. The van der Waals surface area contributed by atoms with Gasteiger partial charge in [0.05, 0.1) is 7.11 Å². The van der Waals surface area contributed by atoms with Crippen molar-refractivity contribution in [3.8, 4) is 0 Å². The number of H-pyrrole nitrogens is 1. The average molecular weight is 385 g/mol. The fourth-order valence-corrected chi connectivity index (χ4v) is 5.79. The van der Waals surface area contributed by atoms with Crippen LogP contribution in [0.1, 0.15) is 44.4 Å². The fourth-order valence-electron chi connectivity index (χ4n) is 5.79. The number of aliphatic hydroxyl groups is 1. The number of aromatic nitrogens is 1. The van der Waals surface area contributed by atoms with E-state index in [1.54, 1.807) is 0 Å². The van der Waals surface area contributed by atoms with Gasteiger partial charge in [0.1, 0.15) is 5.41 Å². The van der Waals surface area contributed by atoms with Gasteiger partial charge >= 0.3 is 5.97 Å². The standard InChI is InChI=1S/C23H32N2O3/c1-15(9-11-26)12-17-13-23(22(27)28-3)16(2)25(14-17)10-8-19-18-6-4-5-7-20(18)24-21(19)23/h4-7,15-17,24,26H,8-14H2,1-3H3/t15?,16?,17-,23?/m0/s1. The highest BCUT2D eigenvalue weighted by Gasteiger charge is 2.56. The molecule has 1 aromatic carbocycles. The molecule has 2 N–H and O–H groups in total. The molecule has 152 valence electrons. The minimum absolute atomic E-state index is 0.0960. The van der Waals surface area contributed by atoms with E-state index < -0.39 is 5.41 Å². The number of aliphatic hydroxyl groups excluding tert-OH is 1. The molecular formula is C23H32N2O3. The zero-order chi connectivity index (χ0) is 19.9. The molecule has 1 aromatic heterocycles. The predicted molar refractivity (Wildman–Crippen MR) is 110 cm³/mol. The molecule has 2 aliphatic heterocycles. The number of carbonyl (C=O) groups is 1. The zero-order valence-electron chi connectivity index (χ0n) is 17.2. The molecular weight excluding hydrogens is 352 g/mol. The van der Waals surface area contributed by atoms with E-state index in [2.05, 4.69) is 41.9 Å². The summed E-state index contributed by atoms with van der Waals surface area (Å²) in [4.78, 5) is 19.5. The molecule has 1 fully saturated rings. The number of ether oxygens (including phenoxy) is 1. The lowest BCUT2D eigenvalue weighted by molar-refractivity contribution is -0.154. The second-order valence-corrected chi connectivity index (χ2v) is 8.83. The minimum Gasteiger partial charge on any atom is -0.468 e. The van der Waals surface area contributed by atoms with E-state index in [-0.39, 0.29) is 18.6 Å². The third kappa shape index (κ3) is 2.96. The molecule has 0 saturated carbocycles. The van der Waals surface area contributed by atoms with Crippen LogP contribution in [-0.2, 0) is 21.4 Å². The van der Waals surface area contributed by atoms with Gasteiger partial charge in [-0.2, -0.15) is 0 Å². The quantitative estimate of drug-likeness (QED) is 0.777. The molecule has 2 aromatic rings. The summed E-state index contributed by atoms with van der Waals surface area (Å²) >= 11 is 0. The molecule has 1 saturated heterocycles. The predicted octanol–water partition coefficient (Wildman–Crippen LogP) is 3.25. The average Bonchev–Trinajstić information content (AvgIpc) is 3.04. The Morgan fingerprint density at radius 1 is 1.43 bits per heavy atom. The lowest BCUT2D eigenvalue weighted by atomic mass is 9.66. The van der Waals surface area contributed by atoms with Crippen molar-refractivity contribution in [3.63, 3.8) is 0 Å². The molecule has 3 heterocycles. The van der Waals surface area contributed by atoms with E-state index in [1.165, 1.54) is 18.1 Å². The van der Waals surface area contributed by atoms with Crippen molar-refractivity contribution in [2.45, 2.75) is 51.0 Å². The number of benzene rings is 1. The van der Waals surface area contributed by atoms with Crippen molar-refractivity contribution in [3.05, 3.63) is 35.5 Å². The first kappa shape index (κ1) is 19.5. The number of hydrogen-bond donors (Lipinski definition) is 2. The van der Waals surface area contributed by atoms with Gasteiger partial charge in [-0.25, -0.2) is 0 Å². The number of nitrogens with zero attached hydrogens (tertiary/aromatic N) is 1. The van der Waals surface area contributed by atoms with Crippen LogP contribution in [0.2, 0.25) is 0 Å². The number of nitrogens with one attached hydrogen (secondary N) is 1. The second kappa shape index (κ2) is 7.53. The smallest absolute Gasteiger partial charge is 0.319 e. The number of aromatic amines is 1. The van der Waals surface area contributed by atoms with Crippen LogP contribution in [0.25, 0.3) is 10.9 Å². The first-order chi connectivity index (χ1) is 13.5. The third-order valence-corrected chi connectivity index (χ3v) is 7.18. The number of carbonyl (C=O) groups excluding carboxylic acids is 1. The molecule has 5 nitrogen and oxygen atoms in total. The Labute approximate surface area is 167 Å². The number of piperidine rings is 1. The molecule has 4 rings (SSSR count). The lowest BCUT2D eigenvalue weighted by Gasteiger charge is -2.48. The van der Waals surface area contributed by atoms with Crippen LogP contribution in [0.4, 0.5) is 0 Å². The molecule has 2 bridgehead atoms. The van der Waals surface area contributed by atoms with E-state index >= 15 is 0 Å². The second-order valence-electron chi connectivity index (χ2n) is 8.83. The molecule has 28 heavy (non-hydrogen) atoms. The van der Waals surface area contributed by atoms with Crippen molar-refractivity contribution in [2.24, 2.45) is 11.8 Å². The maximum Gasteiger partial charge on any atom is 0.319 e. The monoisotopic (exact) mass is 384 g/mol. The van der Waals surface area contributed by atoms with Gasteiger partial charge in [-0.05, 0) is 56.1 Å². The minimum atomic E-state index is -0.665. The summed E-state index contributed by atoms with van der Waals surface area (Å²) in [6, 6.07) is 8.46. The number of esters is 1. The van der Waals surface area contributed by atoms with Crippen LogP contribution in [0.15, 0.2) is 24.3 Å². The summed E-state index contributed by atoms with van der Waals surface area (Å²) in [7, 11) is 1.51. The molecule has 5 heteroatoms. The Kier molecular flexibility index (Phi) is 5.23. The van der Waals surface area contributed by atoms with Crippen molar-refractivity contribution in [1.82, 2.24) is 9.88 Å². The Bertz CT molecular complexity index is 861. The van der Waals surface area contributed by atoms with Crippen LogP contribution in [-0.4, -0.2) is 53.8 Å². The third-order valence-electron chi connectivity index (χ3n) is 7.18. The Hall–Kier alpha value is -1.85. The number of rotatable bonds is 5. The zero-order valence-corrected chi connectivity index (χ0v) is 17.2. The molecule has 0 aliphatic carbocycles. The summed E-state index contributed by atoms with van der Waals surface area (Å²) in [5, 5.41) is 10.5. The number of para-hydroxylation sites is 1. The highest BCUT2D eigenvalue weighted by Crippen LogP contribution is 2.48. The van der Waals surface area contributed by atoms with Gasteiger partial charge < -0.3 is 14.8 Å². The summed E-state index contributed by atoms with van der Waals surface area (Å²) in [5.74, 6) is 0.733. The van der Waals surface area contributed by atoms with Gasteiger partial charge in [0.15, 0.2) is 0 Å².